The van der Waals surface area contributed by atoms with Gasteiger partial charge in [0.05, 0.1) is 32.0 Å². The molecule has 2 saturated heterocycles. The second-order valence-electron chi connectivity index (χ2n) is 15.9. The first-order valence-corrected chi connectivity index (χ1v) is 19.9. The number of carbonyl (C=O) groups excluding carboxylic acids is 3. The van der Waals surface area contributed by atoms with Crippen LogP contribution in [0.15, 0.2) is 11.1 Å². The maximum atomic E-state index is 13.2. The average Bonchev–Trinajstić information content (AvgIpc) is 3.44. The number of hydrogen-bond donors (Lipinski definition) is 3. The molecule has 0 aromatic rings. The minimum Gasteiger partial charge on any atom is -0.393 e. The molecule has 0 spiro atoms. The van der Waals surface area contributed by atoms with E-state index in [-0.39, 0.29) is 41.7 Å². The maximum absolute atomic E-state index is 13.2. The van der Waals surface area contributed by atoms with Crippen molar-refractivity contribution in [3.8, 4) is 0 Å². The Bertz CT molecular complexity index is 1120. The van der Waals surface area contributed by atoms with Gasteiger partial charge in [0.1, 0.15) is 6.04 Å². The first-order valence-electron chi connectivity index (χ1n) is 19.9. The fourth-order valence-electron chi connectivity index (χ4n) is 10.5. The molecular weight excluding hydrogens is 606 g/mol. The van der Waals surface area contributed by atoms with Crippen LogP contribution in [-0.2, 0) is 23.9 Å². The summed E-state index contributed by atoms with van der Waals surface area (Å²) in [6.45, 7) is 5.55. The highest BCUT2D eigenvalue weighted by Crippen LogP contribution is 2.46. The topological polar surface area (TPSA) is 117 Å². The summed E-state index contributed by atoms with van der Waals surface area (Å²) in [5.74, 6) is 1.84. The summed E-state index contributed by atoms with van der Waals surface area (Å²) in [6.07, 6.45) is 21.0. The Balaban J connectivity index is 0.901. The summed E-state index contributed by atoms with van der Waals surface area (Å²) >= 11 is 0. The fourth-order valence-corrected chi connectivity index (χ4v) is 10.5. The van der Waals surface area contributed by atoms with E-state index in [1.807, 2.05) is 5.57 Å². The number of imide groups is 1. The molecule has 6 rings (SSSR count). The fraction of sp³-hybridized carbons (Fsp3) is 0.872. The Morgan fingerprint density at radius 3 is 2.25 bits per heavy atom. The minimum atomic E-state index is -0.513. The zero-order valence-electron chi connectivity index (χ0n) is 29.6. The van der Waals surface area contributed by atoms with Gasteiger partial charge >= 0.3 is 0 Å². The zero-order chi connectivity index (χ0) is 33.5. The molecular formula is C39H63N3O6. The van der Waals surface area contributed by atoms with Crippen molar-refractivity contribution in [2.75, 3.05) is 32.9 Å². The second-order valence-corrected chi connectivity index (χ2v) is 15.9. The Morgan fingerprint density at radius 1 is 0.812 bits per heavy atom. The molecule has 6 fully saturated rings. The van der Waals surface area contributed by atoms with E-state index in [2.05, 4.69) is 17.6 Å². The molecule has 2 aliphatic heterocycles. The van der Waals surface area contributed by atoms with E-state index in [4.69, 9.17) is 9.47 Å². The average molecular weight is 670 g/mol. The number of fused-ring (bicyclic) bond motifs is 1. The summed E-state index contributed by atoms with van der Waals surface area (Å²) in [5.41, 5.74) is 3.62. The predicted molar refractivity (Wildman–Crippen MR) is 185 cm³/mol. The maximum Gasteiger partial charge on any atom is 0.249 e. The molecule has 0 aromatic heterocycles. The van der Waals surface area contributed by atoms with E-state index < -0.39 is 6.04 Å². The normalized spacial score (nSPS) is 35.7. The number of carbonyl (C=O) groups is 3. The van der Waals surface area contributed by atoms with Gasteiger partial charge < -0.3 is 24.8 Å². The number of aliphatic hydroxyl groups excluding tert-OH is 1. The number of amides is 3. The molecule has 9 heteroatoms. The van der Waals surface area contributed by atoms with Crippen LogP contribution < -0.4 is 10.6 Å². The van der Waals surface area contributed by atoms with E-state index in [1.54, 1.807) is 10.5 Å². The first kappa shape index (κ1) is 36.0. The number of nitrogens with zero attached hydrogens (tertiary/aromatic N) is 1. The second kappa shape index (κ2) is 17.4. The van der Waals surface area contributed by atoms with Gasteiger partial charge in [-0.3, -0.25) is 19.7 Å². The lowest BCUT2D eigenvalue weighted by atomic mass is 9.68. The van der Waals surface area contributed by atoms with Gasteiger partial charge in [0, 0.05) is 37.4 Å². The van der Waals surface area contributed by atoms with Gasteiger partial charge in [-0.1, -0.05) is 43.8 Å². The van der Waals surface area contributed by atoms with E-state index in [0.29, 0.717) is 57.1 Å². The number of rotatable bonds is 13. The highest BCUT2D eigenvalue weighted by Gasteiger charge is 2.49. The summed E-state index contributed by atoms with van der Waals surface area (Å²) in [6, 6.07) is -0.273. The third kappa shape index (κ3) is 8.73. The van der Waals surface area contributed by atoms with Gasteiger partial charge in [0.25, 0.3) is 0 Å². The third-order valence-corrected chi connectivity index (χ3v) is 13.0. The van der Waals surface area contributed by atoms with E-state index >= 15 is 0 Å². The highest BCUT2D eigenvalue weighted by atomic mass is 16.5. The monoisotopic (exact) mass is 669 g/mol. The standard InChI is InChI=1S/C39H63N3O6/c1-2-31(26-7-4-3-5-8-26)37(27-11-15-29(43)16-12-27)28-13-17-30(18-14-28)48-24-23-47-22-21-40-34-10-6-9-32-33(34)25-42(39(32)46)35-19-20-36(44)41-38(35)45/h26-30,32-35,40,43H,2-25H2,1H3,(H,41,44,45)/b37-31-. The van der Waals surface area contributed by atoms with Crippen molar-refractivity contribution < 1.29 is 29.0 Å². The van der Waals surface area contributed by atoms with Crippen LogP contribution in [-0.4, -0.2) is 84.9 Å². The SMILES string of the molecule is CC/C(=C(\C1CCC(O)CC1)C1CCC(OCCOCCNC2CCCC3C(=O)N(C4CCC(=O)NC4=O)CC23)CC1)C1CCCCC1. The van der Waals surface area contributed by atoms with Crippen LogP contribution in [0.25, 0.3) is 0 Å². The number of aliphatic hydroxyl groups is 1. The molecule has 6 aliphatic rings. The van der Waals surface area contributed by atoms with Gasteiger partial charge in [0.15, 0.2) is 0 Å². The number of allylic oxidation sites excluding steroid dienone is 2. The van der Waals surface area contributed by atoms with Crippen molar-refractivity contribution in [1.29, 1.82) is 0 Å². The Kier molecular flexibility index (Phi) is 13.1. The highest BCUT2D eigenvalue weighted by molar-refractivity contribution is 6.02. The largest absolute Gasteiger partial charge is 0.393 e. The molecule has 2 heterocycles. The minimum absolute atomic E-state index is 0.0333. The first-order chi connectivity index (χ1) is 23.4. The van der Waals surface area contributed by atoms with Crippen molar-refractivity contribution in [2.24, 2.45) is 29.6 Å². The van der Waals surface area contributed by atoms with E-state index in [9.17, 15) is 19.5 Å². The molecule has 3 amide bonds. The lowest BCUT2D eigenvalue weighted by Gasteiger charge is -2.39. The van der Waals surface area contributed by atoms with Gasteiger partial charge in [-0.15, -0.1) is 0 Å². The van der Waals surface area contributed by atoms with Crippen molar-refractivity contribution in [3.63, 3.8) is 0 Å². The van der Waals surface area contributed by atoms with Crippen molar-refractivity contribution in [1.82, 2.24) is 15.5 Å². The molecule has 4 saturated carbocycles. The predicted octanol–water partition coefficient (Wildman–Crippen LogP) is 5.44. The quantitative estimate of drug-likeness (QED) is 0.136. The smallest absolute Gasteiger partial charge is 0.249 e. The molecule has 9 nitrogen and oxygen atoms in total. The Labute approximate surface area is 288 Å². The molecule has 4 aliphatic carbocycles. The summed E-state index contributed by atoms with van der Waals surface area (Å²) in [7, 11) is 0. The van der Waals surface area contributed by atoms with Crippen molar-refractivity contribution in [3.05, 3.63) is 11.1 Å². The van der Waals surface area contributed by atoms with Gasteiger partial charge in [-0.05, 0) is 108 Å². The molecule has 0 bridgehead atoms. The number of piperidine rings is 1. The van der Waals surface area contributed by atoms with E-state index in [0.717, 1.165) is 70.3 Å². The Morgan fingerprint density at radius 2 is 1.54 bits per heavy atom. The van der Waals surface area contributed by atoms with Crippen LogP contribution in [0, 0.1) is 29.6 Å². The van der Waals surface area contributed by atoms with Crippen LogP contribution in [0.3, 0.4) is 0 Å². The molecule has 270 valence electrons. The van der Waals surface area contributed by atoms with Gasteiger partial charge in [-0.2, -0.15) is 0 Å². The lowest BCUT2D eigenvalue weighted by molar-refractivity contribution is -0.144. The Hall–Kier alpha value is -1.81. The molecule has 48 heavy (non-hydrogen) atoms. The summed E-state index contributed by atoms with van der Waals surface area (Å²) in [5, 5.41) is 16.3. The number of likely N-dealkylation sites (tertiary alicyclic amines) is 1. The molecule has 4 unspecified atom stereocenters. The lowest BCUT2D eigenvalue weighted by Crippen LogP contribution is -2.53. The summed E-state index contributed by atoms with van der Waals surface area (Å²) < 4.78 is 12.3. The van der Waals surface area contributed by atoms with Gasteiger partial charge in [0.2, 0.25) is 17.7 Å². The van der Waals surface area contributed by atoms with Crippen molar-refractivity contribution in [2.45, 2.75) is 153 Å². The van der Waals surface area contributed by atoms with E-state index in [1.165, 1.54) is 51.4 Å². The van der Waals surface area contributed by atoms with Crippen LogP contribution in [0.2, 0.25) is 0 Å². The number of hydrogen-bond acceptors (Lipinski definition) is 7. The number of ether oxygens (including phenoxy) is 2. The molecule has 0 radical (unpaired) electrons. The van der Waals surface area contributed by atoms with Gasteiger partial charge in [-0.25, -0.2) is 0 Å². The zero-order valence-corrected chi connectivity index (χ0v) is 29.6. The molecule has 0 aromatic carbocycles. The van der Waals surface area contributed by atoms with Crippen LogP contribution in [0.1, 0.15) is 129 Å². The molecule has 3 N–H and O–H groups in total. The van der Waals surface area contributed by atoms with Crippen LogP contribution >= 0.6 is 0 Å². The summed E-state index contributed by atoms with van der Waals surface area (Å²) in [4.78, 5) is 39.0. The van der Waals surface area contributed by atoms with Crippen LogP contribution in [0.5, 0.6) is 0 Å². The number of nitrogens with one attached hydrogen (secondary N) is 2. The molecule has 4 atom stereocenters. The third-order valence-electron chi connectivity index (χ3n) is 13.0. The van der Waals surface area contributed by atoms with Crippen LogP contribution in [0.4, 0.5) is 0 Å². The van der Waals surface area contributed by atoms with Crippen molar-refractivity contribution >= 4 is 17.7 Å².